The van der Waals surface area contributed by atoms with Gasteiger partial charge in [-0.15, -0.1) is 10.2 Å². The van der Waals surface area contributed by atoms with Crippen molar-refractivity contribution in [2.24, 2.45) is 0 Å². The van der Waals surface area contributed by atoms with Crippen LogP contribution in [0.25, 0.3) is 0 Å². The van der Waals surface area contributed by atoms with Crippen molar-refractivity contribution in [3.05, 3.63) is 46.8 Å². The number of hydrogen-bond acceptors (Lipinski definition) is 4. The molecule has 0 amide bonds. The first kappa shape index (κ1) is 13.8. The van der Waals surface area contributed by atoms with Gasteiger partial charge in [0.2, 0.25) is 0 Å². The Kier molecular flexibility index (Phi) is 3.63. The standard InChI is InChI=1S/C16H19FN4O/c17-14-2-1-13-10-20(5-3-12(13)9-14)11-16-19-18-15-4-7-22-8-6-21(15)16/h1-2,9H,3-8,10-11H2. The second kappa shape index (κ2) is 5.78. The second-order valence-electron chi connectivity index (χ2n) is 5.92. The van der Waals surface area contributed by atoms with E-state index in [1.54, 1.807) is 12.1 Å². The number of rotatable bonds is 2. The van der Waals surface area contributed by atoms with Crippen molar-refractivity contribution in [2.45, 2.75) is 32.5 Å². The summed E-state index contributed by atoms with van der Waals surface area (Å²) in [5, 5.41) is 8.65. The fourth-order valence-corrected chi connectivity index (χ4v) is 3.27. The quantitative estimate of drug-likeness (QED) is 0.844. The molecule has 4 rings (SSSR count). The Morgan fingerprint density at radius 3 is 3.00 bits per heavy atom. The Hall–Kier alpha value is -1.79. The van der Waals surface area contributed by atoms with Crippen molar-refractivity contribution in [1.29, 1.82) is 0 Å². The summed E-state index contributed by atoms with van der Waals surface area (Å²) in [4.78, 5) is 2.35. The third-order valence-corrected chi connectivity index (χ3v) is 4.46. The SMILES string of the molecule is Fc1ccc2c(c1)CCN(Cc1nnc3n1CCOCC3)C2. The first-order valence-corrected chi connectivity index (χ1v) is 7.78. The third-order valence-electron chi connectivity index (χ3n) is 4.46. The summed E-state index contributed by atoms with van der Waals surface area (Å²) in [7, 11) is 0. The van der Waals surface area contributed by atoms with Gasteiger partial charge in [-0.3, -0.25) is 4.90 Å². The molecule has 0 N–H and O–H groups in total. The normalized spacial score (nSPS) is 18.6. The average molecular weight is 302 g/mol. The number of fused-ring (bicyclic) bond motifs is 2. The van der Waals surface area contributed by atoms with Crippen LogP contribution in [0.3, 0.4) is 0 Å². The molecule has 0 radical (unpaired) electrons. The second-order valence-corrected chi connectivity index (χ2v) is 5.92. The van der Waals surface area contributed by atoms with Gasteiger partial charge in [0.05, 0.1) is 19.8 Å². The maximum absolute atomic E-state index is 13.3. The van der Waals surface area contributed by atoms with E-state index in [4.69, 9.17) is 4.74 Å². The molecule has 0 spiro atoms. The van der Waals surface area contributed by atoms with Crippen molar-refractivity contribution < 1.29 is 9.13 Å². The van der Waals surface area contributed by atoms with Gasteiger partial charge in [0.1, 0.15) is 17.5 Å². The van der Waals surface area contributed by atoms with E-state index in [9.17, 15) is 4.39 Å². The average Bonchev–Trinajstić information content (AvgIpc) is 2.75. The molecule has 1 aromatic heterocycles. The zero-order valence-corrected chi connectivity index (χ0v) is 12.5. The predicted molar refractivity (Wildman–Crippen MR) is 78.8 cm³/mol. The number of hydrogen-bond donors (Lipinski definition) is 0. The predicted octanol–water partition coefficient (Wildman–Crippen LogP) is 1.55. The van der Waals surface area contributed by atoms with Crippen molar-refractivity contribution in [1.82, 2.24) is 19.7 Å². The van der Waals surface area contributed by atoms with Gasteiger partial charge in [0.15, 0.2) is 0 Å². The Morgan fingerprint density at radius 2 is 2.05 bits per heavy atom. The first-order valence-electron chi connectivity index (χ1n) is 7.78. The highest BCUT2D eigenvalue weighted by Gasteiger charge is 2.21. The molecule has 2 aliphatic heterocycles. The van der Waals surface area contributed by atoms with Crippen LogP contribution in [0.15, 0.2) is 18.2 Å². The van der Waals surface area contributed by atoms with Crippen LogP contribution >= 0.6 is 0 Å². The minimum absolute atomic E-state index is 0.144. The molecule has 2 aliphatic rings. The van der Waals surface area contributed by atoms with E-state index in [0.717, 1.165) is 69.4 Å². The minimum atomic E-state index is -0.144. The van der Waals surface area contributed by atoms with Crippen molar-refractivity contribution in [3.8, 4) is 0 Å². The summed E-state index contributed by atoms with van der Waals surface area (Å²) in [5.41, 5.74) is 2.34. The Labute approximate surface area is 128 Å². The van der Waals surface area contributed by atoms with E-state index in [-0.39, 0.29) is 5.82 Å². The summed E-state index contributed by atoms with van der Waals surface area (Å²) in [5.74, 6) is 1.88. The fourth-order valence-electron chi connectivity index (χ4n) is 3.27. The fraction of sp³-hybridized carbons (Fsp3) is 0.500. The molecular weight excluding hydrogens is 283 g/mol. The molecule has 0 fully saturated rings. The molecule has 0 bridgehead atoms. The van der Waals surface area contributed by atoms with Gasteiger partial charge >= 0.3 is 0 Å². The molecule has 5 nitrogen and oxygen atoms in total. The minimum Gasteiger partial charge on any atom is -0.379 e. The highest BCUT2D eigenvalue weighted by atomic mass is 19.1. The van der Waals surface area contributed by atoms with E-state index < -0.39 is 0 Å². The maximum Gasteiger partial charge on any atom is 0.147 e. The molecular formula is C16H19FN4O. The Morgan fingerprint density at radius 1 is 1.09 bits per heavy atom. The van der Waals surface area contributed by atoms with Crippen molar-refractivity contribution in [3.63, 3.8) is 0 Å². The lowest BCUT2D eigenvalue weighted by atomic mass is 10.00. The molecule has 6 heteroatoms. The number of ether oxygens (including phenoxy) is 1. The van der Waals surface area contributed by atoms with Gasteiger partial charge in [-0.1, -0.05) is 6.07 Å². The zero-order chi connectivity index (χ0) is 14.9. The molecule has 1 aromatic carbocycles. The van der Waals surface area contributed by atoms with Gasteiger partial charge in [-0.2, -0.15) is 0 Å². The summed E-state index contributed by atoms with van der Waals surface area (Å²) in [6.07, 6.45) is 1.71. The first-order chi connectivity index (χ1) is 10.8. The monoisotopic (exact) mass is 302 g/mol. The van der Waals surface area contributed by atoms with E-state index in [0.29, 0.717) is 0 Å². The smallest absolute Gasteiger partial charge is 0.147 e. The van der Waals surface area contributed by atoms with E-state index >= 15 is 0 Å². The number of nitrogens with zero attached hydrogens (tertiary/aromatic N) is 4. The molecule has 0 unspecified atom stereocenters. The van der Waals surface area contributed by atoms with Crippen LogP contribution in [-0.4, -0.2) is 39.4 Å². The Balaban J connectivity index is 1.51. The number of aromatic nitrogens is 3. The third kappa shape index (κ3) is 2.64. The van der Waals surface area contributed by atoms with E-state index in [1.165, 1.54) is 5.56 Å². The topological polar surface area (TPSA) is 43.2 Å². The highest BCUT2D eigenvalue weighted by molar-refractivity contribution is 5.30. The zero-order valence-electron chi connectivity index (χ0n) is 12.5. The van der Waals surface area contributed by atoms with Gasteiger partial charge in [0.25, 0.3) is 0 Å². The lowest BCUT2D eigenvalue weighted by molar-refractivity contribution is 0.138. The molecule has 3 heterocycles. The summed E-state index contributed by atoms with van der Waals surface area (Å²) >= 11 is 0. The lowest BCUT2D eigenvalue weighted by Gasteiger charge is -2.28. The highest BCUT2D eigenvalue weighted by Crippen LogP contribution is 2.21. The molecule has 2 aromatic rings. The van der Waals surface area contributed by atoms with Crippen LogP contribution in [-0.2, 0) is 37.2 Å². The maximum atomic E-state index is 13.3. The summed E-state index contributed by atoms with van der Waals surface area (Å²) in [6, 6.07) is 5.10. The van der Waals surface area contributed by atoms with Crippen LogP contribution < -0.4 is 0 Å². The van der Waals surface area contributed by atoms with Crippen LogP contribution in [0.5, 0.6) is 0 Å². The van der Waals surface area contributed by atoms with Crippen LogP contribution in [0.2, 0.25) is 0 Å². The molecule has 0 saturated heterocycles. The molecule has 0 atom stereocenters. The number of benzene rings is 1. The largest absolute Gasteiger partial charge is 0.379 e. The van der Waals surface area contributed by atoms with Crippen molar-refractivity contribution >= 4 is 0 Å². The van der Waals surface area contributed by atoms with Crippen LogP contribution in [0.4, 0.5) is 4.39 Å². The Bertz CT molecular complexity index is 685. The lowest BCUT2D eigenvalue weighted by Crippen LogP contribution is -2.31. The van der Waals surface area contributed by atoms with Crippen molar-refractivity contribution in [2.75, 3.05) is 19.8 Å². The molecule has 22 heavy (non-hydrogen) atoms. The van der Waals surface area contributed by atoms with Gasteiger partial charge in [0, 0.05) is 26.1 Å². The van der Waals surface area contributed by atoms with E-state index in [1.807, 2.05) is 6.07 Å². The van der Waals surface area contributed by atoms with Crippen LogP contribution in [0, 0.1) is 5.82 Å². The summed E-state index contributed by atoms with van der Waals surface area (Å²) < 4.78 is 21.0. The summed E-state index contributed by atoms with van der Waals surface area (Å²) in [6.45, 7) is 4.82. The van der Waals surface area contributed by atoms with Gasteiger partial charge in [-0.25, -0.2) is 4.39 Å². The number of halogens is 1. The molecule has 116 valence electrons. The van der Waals surface area contributed by atoms with Gasteiger partial charge in [-0.05, 0) is 29.7 Å². The van der Waals surface area contributed by atoms with Gasteiger partial charge < -0.3 is 9.30 Å². The van der Waals surface area contributed by atoms with Crippen LogP contribution in [0.1, 0.15) is 22.8 Å². The van der Waals surface area contributed by atoms with E-state index in [2.05, 4.69) is 19.7 Å². The molecule has 0 saturated carbocycles. The molecule has 0 aliphatic carbocycles.